The smallest absolute Gasteiger partial charge is 0 e. The first kappa shape index (κ1) is 28.4. The van der Waals surface area contributed by atoms with Crippen LogP contribution in [-0.2, 0) is 65.4 Å². The third-order valence-electron chi connectivity index (χ3n) is 1.82. The van der Waals surface area contributed by atoms with Crippen LogP contribution in [0, 0.1) is 19.4 Å². The molecule has 0 atom stereocenters. The molecule has 1 aliphatic heterocycles. The minimum Gasteiger partial charge on any atom is -0.374 e. The summed E-state index contributed by atoms with van der Waals surface area (Å²) >= 11 is 0. The maximum absolute atomic E-state index is 3.66. The molecular weight excluding hydrogens is 384 g/mol. The number of piperidine rings is 1. The summed E-state index contributed by atoms with van der Waals surface area (Å²) in [5, 5.41) is 3.25. The van der Waals surface area contributed by atoms with Crippen molar-refractivity contribution < 1.29 is 65.4 Å². The van der Waals surface area contributed by atoms with Crippen LogP contribution in [0.1, 0.15) is 46.1 Å². The normalized spacial score (nSPS) is 11.4. The standard InChI is InChI=1S/C7H6.C5H10N.2C2H6.2Y/c1-7-5-3-2-4-6-7;1-2-4-6-5-3-1;2*1-2;;/h2-5H,1H2;1,6H,2-5H2;2*1-2H3;;/q-2;-1;;;;. The fraction of sp³-hybridized carbons (Fsp3) is 0.500. The first-order chi connectivity index (χ1) is 8.39. The number of hydrogen-bond donors (Lipinski definition) is 1. The molecule has 1 N–H and O–H groups in total. The van der Waals surface area contributed by atoms with E-state index in [1.807, 2.05) is 52.0 Å². The van der Waals surface area contributed by atoms with Crippen molar-refractivity contribution in [2.45, 2.75) is 40.5 Å². The van der Waals surface area contributed by atoms with Crippen molar-refractivity contribution in [1.29, 1.82) is 0 Å². The Morgan fingerprint density at radius 2 is 1.58 bits per heavy atom. The van der Waals surface area contributed by atoms with Gasteiger partial charge in [0, 0.05) is 65.4 Å². The van der Waals surface area contributed by atoms with Gasteiger partial charge in [-0.25, -0.2) is 0 Å². The molecule has 1 aromatic rings. The number of hydrogen-bond acceptors (Lipinski definition) is 1. The molecule has 2 radical (unpaired) electrons. The van der Waals surface area contributed by atoms with Gasteiger partial charge in [-0.2, -0.15) is 25.0 Å². The maximum atomic E-state index is 3.66. The molecule has 1 heterocycles. The molecule has 1 saturated heterocycles. The second-order valence-electron chi connectivity index (χ2n) is 3.00. The topological polar surface area (TPSA) is 12.0 Å². The summed E-state index contributed by atoms with van der Waals surface area (Å²) in [5.74, 6) is 0. The van der Waals surface area contributed by atoms with Gasteiger partial charge in [0.05, 0.1) is 0 Å². The van der Waals surface area contributed by atoms with Crippen molar-refractivity contribution in [2.75, 3.05) is 13.1 Å². The maximum Gasteiger partial charge on any atom is 0 e. The molecule has 0 aromatic heterocycles. The van der Waals surface area contributed by atoms with Crippen LogP contribution in [0.25, 0.3) is 0 Å². The van der Waals surface area contributed by atoms with E-state index in [9.17, 15) is 0 Å². The Bertz CT molecular complexity index is 200. The molecule has 1 fully saturated rings. The van der Waals surface area contributed by atoms with Gasteiger partial charge >= 0.3 is 0 Å². The first-order valence-electron chi connectivity index (χ1n) is 6.70. The van der Waals surface area contributed by atoms with Crippen LogP contribution in [0.15, 0.2) is 24.3 Å². The molecule has 0 saturated carbocycles. The summed E-state index contributed by atoms with van der Waals surface area (Å²) in [4.78, 5) is 0. The third-order valence-corrected chi connectivity index (χ3v) is 1.82. The van der Waals surface area contributed by atoms with Crippen molar-refractivity contribution >= 4 is 0 Å². The summed E-state index contributed by atoms with van der Waals surface area (Å²) in [7, 11) is 0. The summed E-state index contributed by atoms with van der Waals surface area (Å²) in [6.45, 7) is 14.1. The van der Waals surface area contributed by atoms with Gasteiger partial charge in [-0.3, -0.25) is 6.07 Å². The molecule has 19 heavy (non-hydrogen) atoms. The predicted octanol–water partition coefficient (Wildman–Crippen LogP) is 4.29. The van der Waals surface area contributed by atoms with Crippen LogP contribution in [0.5, 0.6) is 0 Å². The van der Waals surface area contributed by atoms with Crippen LogP contribution in [0.2, 0.25) is 0 Å². The van der Waals surface area contributed by atoms with Gasteiger partial charge in [-0.1, -0.05) is 27.7 Å². The van der Waals surface area contributed by atoms with E-state index in [1.165, 1.54) is 25.9 Å². The Kier molecular flexibility index (Phi) is 41.3. The van der Waals surface area contributed by atoms with Gasteiger partial charge in [0.1, 0.15) is 0 Å². The van der Waals surface area contributed by atoms with Crippen molar-refractivity contribution in [3.05, 3.63) is 49.2 Å². The Labute approximate surface area is 171 Å². The quantitative estimate of drug-likeness (QED) is 0.627. The van der Waals surface area contributed by atoms with Crippen LogP contribution in [0.4, 0.5) is 0 Å². The molecule has 0 aliphatic carbocycles. The van der Waals surface area contributed by atoms with Crippen molar-refractivity contribution in [3.8, 4) is 0 Å². The molecule has 106 valence electrons. The molecule has 3 heteroatoms. The Morgan fingerprint density at radius 3 is 1.74 bits per heavy atom. The van der Waals surface area contributed by atoms with E-state index < -0.39 is 0 Å². The summed E-state index contributed by atoms with van der Waals surface area (Å²) in [5.41, 5.74) is 0.947. The van der Waals surface area contributed by atoms with E-state index in [0.29, 0.717) is 0 Å². The first-order valence-corrected chi connectivity index (χ1v) is 6.70. The van der Waals surface area contributed by atoms with Crippen molar-refractivity contribution in [2.24, 2.45) is 0 Å². The van der Waals surface area contributed by atoms with E-state index in [-0.39, 0.29) is 65.4 Å². The summed E-state index contributed by atoms with van der Waals surface area (Å²) in [6.07, 6.45) is 4.86. The van der Waals surface area contributed by atoms with Gasteiger partial charge in [-0.15, -0.1) is 6.07 Å². The molecule has 0 amide bonds. The molecule has 0 unspecified atom stereocenters. The monoisotopic (exact) mass is 412 g/mol. The van der Waals surface area contributed by atoms with E-state index in [2.05, 4.69) is 24.7 Å². The zero-order valence-electron chi connectivity index (χ0n) is 13.1. The molecule has 1 aliphatic rings. The third kappa shape index (κ3) is 24.6. The fourth-order valence-corrected chi connectivity index (χ4v) is 1.11. The van der Waals surface area contributed by atoms with Gasteiger partial charge < -0.3 is 30.3 Å². The SMILES string of the molecule is CC.CC.[CH-]1CCNCC1.[CH2-]c1[c-]cccc1.[Y].[Y]. The fourth-order valence-electron chi connectivity index (χ4n) is 1.11. The van der Waals surface area contributed by atoms with E-state index in [4.69, 9.17) is 0 Å². The molecule has 0 bridgehead atoms. The van der Waals surface area contributed by atoms with Crippen LogP contribution < -0.4 is 5.32 Å². The van der Waals surface area contributed by atoms with E-state index in [0.717, 1.165) is 5.56 Å². The Balaban J connectivity index is -0.0000000872. The Morgan fingerprint density at radius 1 is 1.05 bits per heavy atom. The van der Waals surface area contributed by atoms with Gasteiger partial charge in [0.25, 0.3) is 0 Å². The molecular formula is C16H28NY2-3. The van der Waals surface area contributed by atoms with E-state index in [1.54, 1.807) is 0 Å². The largest absolute Gasteiger partial charge is 0.374 e. The summed E-state index contributed by atoms with van der Waals surface area (Å²) in [6, 6.07) is 10.6. The second kappa shape index (κ2) is 27.6. The Hall–Kier alpha value is 1.26. The number of nitrogens with one attached hydrogen (secondary N) is 1. The van der Waals surface area contributed by atoms with Crippen LogP contribution in [0.3, 0.4) is 0 Å². The number of benzene rings is 1. The van der Waals surface area contributed by atoms with Gasteiger partial charge in [0.15, 0.2) is 0 Å². The average molecular weight is 412 g/mol. The van der Waals surface area contributed by atoms with Gasteiger partial charge in [0.2, 0.25) is 0 Å². The summed E-state index contributed by atoms with van der Waals surface area (Å²) < 4.78 is 0. The molecule has 1 aromatic carbocycles. The molecule has 1 nitrogen and oxygen atoms in total. The van der Waals surface area contributed by atoms with Gasteiger partial charge in [-0.05, 0) is 13.1 Å². The predicted molar refractivity (Wildman–Crippen MR) is 78.8 cm³/mol. The zero-order chi connectivity index (χ0) is 13.4. The minimum absolute atomic E-state index is 0. The molecule has 0 spiro atoms. The second-order valence-corrected chi connectivity index (χ2v) is 3.00. The van der Waals surface area contributed by atoms with Crippen molar-refractivity contribution in [3.63, 3.8) is 0 Å². The van der Waals surface area contributed by atoms with Crippen molar-refractivity contribution in [1.82, 2.24) is 5.32 Å². The van der Waals surface area contributed by atoms with E-state index >= 15 is 0 Å². The number of rotatable bonds is 0. The zero-order valence-corrected chi connectivity index (χ0v) is 18.8. The van der Waals surface area contributed by atoms with Crippen LogP contribution >= 0.6 is 0 Å². The molecule has 2 rings (SSSR count). The average Bonchev–Trinajstić information content (AvgIpc) is 2.47. The minimum atomic E-state index is 0. The van der Waals surface area contributed by atoms with Crippen LogP contribution in [-0.4, -0.2) is 13.1 Å².